The maximum atomic E-state index is 11.7. The number of guanidine groups is 1. The van der Waals surface area contributed by atoms with E-state index in [1.54, 1.807) is 17.4 Å². The molecular weight excluding hydrogens is 350 g/mol. The Morgan fingerprint density at radius 3 is 2.69 bits per heavy atom. The third-order valence-electron chi connectivity index (χ3n) is 3.43. The number of esters is 1. The Labute approximate surface area is 157 Å². The fourth-order valence-corrected chi connectivity index (χ4v) is 2.68. The molecule has 0 aliphatic carbocycles. The van der Waals surface area contributed by atoms with Gasteiger partial charge in [0, 0.05) is 11.4 Å². The maximum Gasteiger partial charge on any atom is 0.337 e. The normalized spacial score (nSPS) is 11.9. The first kappa shape index (κ1) is 19.8. The Bertz CT molecular complexity index is 765. The van der Waals surface area contributed by atoms with Crippen molar-refractivity contribution >= 4 is 29.0 Å². The van der Waals surface area contributed by atoms with E-state index < -0.39 is 5.97 Å². The number of anilines is 1. The Morgan fingerprint density at radius 1 is 1.31 bits per heavy atom. The summed E-state index contributed by atoms with van der Waals surface area (Å²) in [5.41, 5.74) is 0.793. The van der Waals surface area contributed by atoms with Gasteiger partial charge in [-0.05, 0) is 35.1 Å². The molecule has 0 saturated heterocycles. The molecule has 26 heavy (non-hydrogen) atoms. The van der Waals surface area contributed by atoms with Crippen molar-refractivity contribution in [2.45, 2.75) is 27.3 Å². The van der Waals surface area contributed by atoms with Crippen molar-refractivity contribution in [3.8, 4) is 5.75 Å². The minimum Gasteiger partial charge on any atom is -0.506 e. The number of aromatic hydroxyl groups is 1. The predicted octanol–water partition coefficient (Wildman–Crippen LogP) is 3.84. The van der Waals surface area contributed by atoms with Crippen molar-refractivity contribution in [2.24, 2.45) is 10.4 Å². The minimum absolute atomic E-state index is 0.0269. The number of hydrogen-bond acceptors (Lipinski definition) is 5. The third kappa shape index (κ3) is 6.07. The molecule has 0 unspecified atom stereocenters. The first-order valence-electron chi connectivity index (χ1n) is 8.27. The second kappa shape index (κ2) is 8.71. The highest BCUT2D eigenvalue weighted by Crippen LogP contribution is 2.25. The highest BCUT2D eigenvalue weighted by Gasteiger charge is 2.14. The standard InChI is InChI=1S/C19H25N3O3S/c1-19(2,3)12-21-18(20-11-14-6-5-9-26-14)22-15-10-13(17(24)25-4)7-8-16(15)23/h5-10,23H,11-12H2,1-4H3,(H2,20,21,22). The van der Waals surface area contributed by atoms with Crippen molar-refractivity contribution in [2.75, 3.05) is 19.0 Å². The number of nitrogens with one attached hydrogen (secondary N) is 2. The van der Waals surface area contributed by atoms with E-state index >= 15 is 0 Å². The number of carbonyl (C=O) groups excluding carboxylic acids is 1. The number of rotatable bonds is 5. The van der Waals surface area contributed by atoms with E-state index in [0.717, 1.165) is 4.88 Å². The highest BCUT2D eigenvalue weighted by molar-refractivity contribution is 7.09. The minimum atomic E-state index is -0.465. The summed E-state index contributed by atoms with van der Waals surface area (Å²) in [6.07, 6.45) is 0. The number of methoxy groups -OCH3 is 1. The van der Waals surface area contributed by atoms with E-state index in [1.807, 2.05) is 17.5 Å². The lowest BCUT2D eigenvalue weighted by atomic mass is 9.97. The molecule has 2 rings (SSSR count). The molecule has 0 aliphatic heterocycles. The van der Waals surface area contributed by atoms with Crippen molar-refractivity contribution in [1.82, 2.24) is 5.32 Å². The molecule has 0 saturated carbocycles. The van der Waals surface area contributed by atoms with Crippen LogP contribution >= 0.6 is 11.3 Å². The van der Waals surface area contributed by atoms with Crippen molar-refractivity contribution in [1.29, 1.82) is 0 Å². The quantitative estimate of drug-likeness (QED) is 0.320. The van der Waals surface area contributed by atoms with E-state index in [9.17, 15) is 9.90 Å². The van der Waals surface area contributed by atoms with Crippen LogP contribution in [-0.2, 0) is 11.3 Å². The van der Waals surface area contributed by atoms with Crippen LogP contribution in [0.2, 0.25) is 0 Å². The zero-order valence-electron chi connectivity index (χ0n) is 15.5. The van der Waals surface area contributed by atoms with Gasteiger partial charge in [-0.1, -0.05) is 26.8 Å². The molecule has 7 heteroatoms. The molecule has 0 aliphatic rings. The summed E-state index contributed by atoms with van der Waals surface area (Å²) in [4.78, 5) is 17.4. The number of phenols is 1. The summed E-state index contributed by atoms with van der Waals surface area (Å²) in [5, 5.41) is 18.5. The number of thiophene rings is 1. The maximum absolute atomic E-state index is 11.7. The van der Waals surface area contributed by atoms with Gasteiger partial charge in [0.05, 0.1) is 24.9 Å². The van der Waals surface area contributed by atoms with Crippen molar-refractivity contribution in [3.63, 3.8) is 0 Å². The van der Waals surface area contributed by atoms with Crippen molar-refractivity contribution in [3.05, 3.63) is 46.2 Å². The molecule has 0 bridgehead atoms. The fraction of sp³-hybridized carbons (Fsp3) is 0.368. The summed E-state index contributed by atoms with van der Waals surface area (Å²) < 4.78 is 4.73. The lowest BCUT2D eigenvalue weighted by molar-refractivity contribution is 0.0601. The van der Waals surface area contributed by atoms with E-state index in [4.69, 9.17) is 4.74 Å². The topological polar surface area (TPSA) is 83.0 Å². The summed E-state index contributed by atoms with van der Waals surface area (Å²) in [5.74, 6) is 0.0949. The van der Waals surface area contributed by atoms with Gasteiger partial charge in [0.1, 0.15) is 5.75 Å². The number of ether oxygens (including phenoxy) is 1. The van der Waals surface area contributed by atoms with Gasteiger partial charge in [-0.25, -0.2) is 9.79 Å². The fourth-order valence-electron chi connectivity index (χ4n) is 2.06. The highest BCUT2D eigenvalue weighted by atomic mass is 32.1. The molecule has 0 atom stereocenters. The van der Waals surface area contributed by atoms with Gasteiger partial charge < -0.3 is 20.5 Å². The third-order valence-corrected chi connectivity index (χ3v) is 4.29. The van der Waals surface area contributed by atoms with Crippen LogP contribution in [0.15, 0.2) is 40.7 Å². The van der Waals surface area contributed by atoms with Crippen LogP contribution in [0.4, 0.5) is 5.69 Å². The summed E-state index contributed by atoms with van der Waals surface area (Å²) in [7, 11) is 1.32. The van der Waals surface area contributed by atoms with Crippen molar-refractivity contribution < 1.29 is 14.6 Å². The largest absolute Gasteiger partial charge is 0.506 e. The van der Waals surface area contributed by atoms with Crippen LogP contribution in [0.5, 0.6) is 5.75 Å². The lowest BCUT2D eigenvalue weighted by Crippen LogP contribution is -2.37. The predicted molar refractivity (Wildman–Crippen MR) is 106 cm³/mol. The van der Waals surface area contributed by atoms with Crippen LogP contribution in [0.25, 0.3) is 0 Å². The van der Waals surface area contributed by atoms with Gasteiger partial charge in [-0.15, -0.1) is 11.3 Å². The van der Waals surface area contributed by atoms with E-state index in [1.165, 1.54) is 19.2 Å². The monoisotopic (exact) mass is 375 g/mol. The van der Waals surface area contributed by atoms with Crippen LogP contribution in [-0.4, -0.2) is 30.7 Å². The molecule has 0 radical (unpaired) electrons. The molecule has 0 fully saturated rings. The van der Waals surface area contributed by atoms with Crippen LogP contribution in [0.3, 0.4) is 0 Å². The average molecular weight is 375 g/mol. The number of hydrogen-bond donors (Lipinski definition) is 3. The Morgan fingerprint density at radius 2 is 2.08 bits per heavy atom. The van der Waals surface area contributed by atoms with E-state index in [-0.39, 0.29) is 11.2 Å². The zero-order chi connectivity index (χ0) is 19.2. The second-order valence-electron chi connectivity index (χ2n) is 7.01. The zero-order valence-corrected chi connectivity index (χ0v) is 16.3. The van der Waals surface area contributed by atoms with E-state index in [2.05, 4.69) is 36.4 Å². The first-order valence-corrected chi connectivity index (χ1v) is 9.15. The Kier molecular flexibility index (Phi) is 6.63. The van der Waals surface area contributed by atoms with Gasteiger partial charge in [0.25, 0.3) is 0 Å². The van der Waals surface area contributed by atoms with Crippen LogP contribution in [0, 0.1) is 5.41 Å². The summed E-state index contributed by atoms with van der Waals surface area (Å²) in [6, 6.07) is 8.51. The molecule has 3 N–H and O–H groups in total. The average Bonchev–Trinajstić information content (AvgIpc) is 3.11. The lowest BCUT2D eigenvalue weighted by Gasteiger charge is -2.21. The molecule has 2 aromatic rings. The first-order chi connectivity index (χ1) is 12.3. The molecule has 1 aromatic carbocycles. The molecule has 140 valence electrons. The number of aliphatic imine (C=N–C) groups is 1. The Balaban J connectivity index is 2.22. The second-order valence-corrected chi connectivity index (χ2v) is 8.04. The van der Waals surface area contributed by atoms with Gasteiger partial charge in [0.15, 0.2) is 5.96 Å². The van der Waals surface area contributed by atoms with Crippen LogP contribution in [0.1, 0.15) is 36.0 Å². The molecule has 6 nitrogen and oxygen atoms in total. The number of benzene rings is 1. The van der Waals surface area contributed by atoms with Gasteiger partial charge >= 0.3 is 5.97 Å². The summed E-state index contributed by atoms with van der Waals surface area (Å²) >= 11 is 1.63. The smallest absolute Gasteiger partial charge is 0.337 e. The summed E-state index contributed by atoms with van der Waals surface area (Å²) in [6.45, 7) is 7.57. The molecular formula is C19H25N3O3S. The van der Waals surface area contributed by atoms with Gasteiger partial charge in [-0.3, -0.25) is 0 Å². The molecule has 1 heterocycles. The molecule has 0 spiro atoms. The van der Waals surface area contributed by atoms with Crippen LogP contribution < -0.4 is 10.6 Å². The molecule has 1 aromatic heterocycles. The van der Waals surface area contributed by atoms with Gasteiger partial charge in [0.2, 0.25) is 0 Å². The number of carbonyl (C=O) groups is 1. The Hall–Kier alpha value is -2.54. The van der Waals surface area contributed by atoms with Gasteiger partial charge in [-0.2, -0.15) is 0 Å². The SMILES string of the molecule is COC(=O)c1ccc(O)c(NC(=NCc2cccs2)NCC(C)(C)C)c1. The number of phenolic OH excluding ortho intramolecular Hbond substituents is 1. The van der Waals surface area contributed by atoms with E-state index in [0.29, 0.717) is 30.3 Å². The molecule has 0 amide bonds. The number of nitrogens with zero attached hydrogens (tertiary/aromatic N) is 1.